The largest absolute Gasteiger partial charge is 0.487 e. The number of halogens is 2. The maximum atomic E-state index is 14.5. The van der Waals surface area contributed by atoms with Gasteiger partial charge in [-0.15, -0.1) is 0 Å². The topological polar surface area (TPSA) is 134 Å². The molecule has 1 saturated heterocycles. The number of amides is 4. The lowest BCUT2D eigenvalue weighted by Crippen LogP contribution is -2.55. The molecular formula is C33H33BrClN5O5. The second-order valence-corrected chi connectivity index (χ2v) is 13.2. The molecule has 0 radical (unpaired) electrons. The normalized spacial score (nSPS) is 18.3. The molecular weight excluding hydrogens is 662 g/mol. The summed E-state index contributed by atoms with van der Waals surface area (Å²) in [6, 6.07) is 18.1. The van der Waals surface area contributed by atoms with Gasteiger partial charge in [-0.2, -0.15) is 0 Å². The Balaban J connectivity index is 1.73. The first-order valence-corrected chi connectivity index (χ1v) is 15.6. The molecule has 12 heteroatoms. The summed E-state index contributed by atoms with van der Waals surface area (Å²) in [4.78, 5) is 59.5. The molecule has 1 fully saturated rings. The first kappa shape index (κ1) is 32.2. The van der Waals surface area contributed by atoms with Crippen LogP contribution in [0.3, 0.4) is 0 Å². The number of piperazine rings is 1. The highest BCUT2D eigenvalue weighted by molar-refractivity contribution is 9.10. The fourth-order valence-electron chi connectivity index (χ4n) is 5.39. The molecule has 2 atom stereocenters. The van der Waals surface area contributed by atoms with E-state index in [4.69, 9.17) is 27.1 Å². The van der Waals surface area contributed by atoms with Crippen molar-refractivity contribution in [1.82, 2.24) is 15.1 Å². The van der Waals surface area contributed by atoms with E-state index < -0.39 is 41.8 Å². The molecule has 10 nitrogen and oxygen atoms in total. The van der Waals surface area contributed by atoms with Crippen molar-refractivity contribution < 1.29 is 23.9 Å². The maximum Gasteiger partial charge on any atom is 0.326 e. The highest BCUT2D eigenvalue weighted by Crippen LogP contribution is 2.46. The average molecular weight is 695 g/mol. The molecule has 0 aromatic heterocycles. The van der Waals surface area contributed by atoms with Crippen LogP contribution < -0.4 is 15.8 Å². The number of nitrogens with two attached hydrogens (primary N) is 1. The minimum Gasteiger partial charge on any atom is -0.487 e. The minimum atomic E-state index is -0.744. The highest BCUT2D eigenvalue weighted by Gasteiger charge is 2.45. The Morgan fingerprint density at radius 3 is 2.44 bits per heavy atom. The number of aliphatic imine (C=N–C) groups is 1. The van der Waals surface area contributed by atoms with Crippen LogP contribution in [0, 0.1) is 0 Å². The number of nitrogens with one attached hydrogen (secondary N) is 1. The molecule has 0 bridgehead atoms. The number of ketones is 1. The number of primary amides is 1. The van der Waals surface area contributed by atoms with Crippen LogP contribution in [0.15, 0.2) is 76.2 Å². The fourth-order valence-corrected chi connectivity index (χ4v) is 5.86. The number of benzene rings is 3. The zero-order valence-corrected chi connectivity index (χ0v) is 27.4. The monoisotopic (exact) mass is 693 g/mol. The van der Waals surface area contributed by atoms with Gasteiger partial charge in [-0.05, 0) is 68.3 Å². The standard InChI is InChI=1S/C33H33BrClN5O5/c1-33(2,3)45-26-16-20(25(41)17-27(36)42)9-12-24(26)31-38-29(21-5-4-6-23(35)15-21)30(19-7-10-22(34)11-8-19)40(31)32(44)39-14-13-37-28(43)18-39/h4-12,15-16,29-30H,13-14,17-18H2,1-3H3,(H2,36,42)(H,37,43)/t29-,30+/m0/s1. The van der Waals surface area contributed by atoms with E-state index in [-0.39, 0.29) is 18.0 Å². The summed E-state index contributed by atoms with van der Waals surface area (Å²) in [5.41, 5.74) is 6.88. The summed E-state index contributed by atoms with van der Waals surface area (Å²) in [5.74, 6) is -0.860. The van der Waals surface area contributed by atoms with Crippen LogP contribution in [-0.2, 0) is 9.59 Å². The van der Waals surface area contributed by atoms with E-state index in [1.165, 1.54) is 4.90 Å². The summed E-state index contributed by atoms with van der Waals surface area (Å²) in [6.07, 6.45) is -0.459. The van der Waals surface area contributed by atoms with Crippen LogP contribution in [-0.4, -0.2) is 64.5 Å². The quantitative estimate of drug-likeness (QED) is 0.251. The molecule has 3 aromatic carbocycles. The van der Waals surface area contributed by atoms with Gasteiger partial charge in [-0.3, -0.25) is 24.3 Å². The summed E-state index contributed by atoms with van der Waals surface area (Å²) in [5, 5.41) is 3.29. The van der Waals surface area contributed by atoms with Crippen LogP contribution in [0.4, 0.5) is 4.79 Å². The van der Waals surface area contributed by atoms with Gasteiger partial charge < -0.3 is 20.7 Å². The molecule has 5 rings (SSSR count). The number of urea groups is 1. The van der Waals surface area contributed by atoms with Crippen molar-refractivity contribution in [3.63, 3.8) is 0 Å². The molecule has 3 aromatic rings. The number of Topliss-reactive ketones (excluding diaryl/α,β-unsaturated/α-hetero) is 1. The third-order valence-corrected chi connectivity index (χ3v) is 8.04. The van der Waals surface area contributed by atoms with Gasteiger partial charge in [0, 0.05) is 28.1 Å². The number of hydrogen-bond donors (Lipinski definition) is 2. The zero-order chi connectivity index (χ0) is 32.5. The van der Waals surface area contributed by atoms with Gasteiger partial charge in [0.05, 0.1) is 18.0 Å². The Bertz CT molecular complexity index is 1690. The van der Waals surface area contributed by atoms with Crippen LogP contribution >= 0.6 is 27.5 Å². The molecule has 2 heterocycles. The van der Waals surface area contributed by atoms with E-state index in [0.29, 0.717) is 35.3 Å². The maximum absolute atomic E-state index is 14.5. The fraction of sp³-hybridized carbons (Fsp3) is 0.303. The molecule has 0 saturated carbocycles. The highest BCUT2D eigenvalue weighted by atomic mass is 79.9. The number of nitrogens with zero attached hydrogens (tertiary/aromatic N) is 3. The summed E-state index contributed by atoms with van der Waals surface area (Å²) in [7, 11) is 0. The Kier molecular flexibility index (Phi) is 9.31. The van der Waals surface area contributed by atoms with Crippen LogP contribution in [0.2, 0.25) is 5.02 Å². The van der Waals surface area contributed by atoms with E-state index in [1.54, 1.807) is 29.2 Å². The van der Waals surface area contributed by atoms with Crippen LogP contribution in [0.1, 0.15) is 66.3 Å². The summed E-state index contributed by atoms with van der Waals surface area (Å²) < 4.78 is 7.22. The van der Waals surface area contributed by atoms with Crippen LogP contribution in [0.5, 0.6) is 5.75 Å². The van der Waals surface area contributed by atoms with Gasteiger partial charge in [-0.1, -0.05) is 57.9 Å². The molecule has 4 amide bonds. The molecule has 0 aliphatic carbocycles. The predicted octanol–water partition coefficient (Wildman–Crippen LogP) is 5.43. The van der Waals surface area contributed by atoms with Crippen LogP contribution in [0.25, 0.3) is 0 Å². The summed E-state index contributed by atoms with van der Waals surface area (Å²) >= 11 is 9.94. The smallest absolute Gasteiger partial charge is 0.326 e. The average Bonchev–Trinajstić information content (AvgIpc) is 3.36. The predicted molar refractivity (Wildman–Crippen MR) is 174 cm³/mol. The van der Waals surface area contributed by atoms with Crippen molar-refractivity contribution in [2.45, 2.75) is 44.9 Å². The second kappa shape index (κ2) is 13.0. The second-order valence-electron chi connectivity index (χ2n) is 11.9. The summed E-state index contributed by atoms with van der Waals surface area (Å²) in [6.45, 7) is 6.11. The lowest BCUT2D eigenvalue weighted by atomic mass is 9.93. The van der Waals surface area contributed by atoms with Gasteiger partial charge >= 0.3 is 6.03 Å². The first-order chi connectivity index (χ1) is 21.3. The Hall–Kier alpha value is -4.22. The molecule has 0 unspecified atom stereocenters. The van der Waals surface area contributed by atoms with Crippen molar-refractivity contribution in [1.29, 1.82) is 0 Å². The lowest BCUT2D eigenvalue weighted by Gasteiger charge is -2.36. The Labute approximate surface area is 274 Å². The van der Waals surface area contributed by atoms with E-state index in [9.17, 15) is 19.2 Å². The van der Waals surface area contributed by atoms with Gasteiger partial charge in [0.15, 0.2) is 5.78 Å². The number of carbonyl (C=O) groups is 4. The van der Waals surface area contributed by atoms with E-state index in [1.807, 2.05) is 63.2 Å². The Morgan fingerprint density at radius 1 is 1.07 bits per heavy atom. The van der Waals surface area contributed by atoms with Crippen molar-refractivity contribution in [3.8, 4) is 5.75 Å². The van der Waals surface area contributed by atoms with Crippen molar-refractivity contribution >= 4 is 57.0 Å². The minimum absolute atomic E-state index is 0.108. The van der Waals surface area contributed by atoms with Crippen molar-refractivity contribution in [3.05, 3.63) is 98.5 Å². The lowest BCUT2D eigenvalue weighted by molar-refractivity contribution is -0.123. The number of amidine groups is 1. The Morgan fingerprint density at radius 2 is 1.80 bits per heavy atom. The van der Waals surface area contributed by atoms with Gasteiger partial charge in [0.2, 0.25) is 11.8 Å². The SMILES string of the molecule is CC(C)(C)Oc1cc(C(=O)CC(N)=O)ccc1C1=N[C@@H](c2cccc(Cl)c2)[C@@H](c2ccc(Br)cc2)N1C(=O)N1CCNC(=O)C1. The zero-order valence-electron chi connectivity index (χ0n) is 25.1. The van der Waals surface area contributed by atoms with E-state index in [2.05, 4.69) is 21.2 Å². The molecule has 45 heavy (non-hydrogen) atoms. The van der Waals surface area contributed by atoms with Gasteiger partial charge in [0.1, 0.15) is 29.8 Å². The van der Waals surface area contributed by atoms with Crippen molar-refractivity contribution in [2.75, 3.05) is 19.6 Å². The number of ether oxygens (including phenoxy) is 1. The van der Waals surface area contributed by atoms with Gasteiger partial charge in [0.25, 0.3) is 0 Å². The van der Waals surface area contributed by atoms with E-state index in [0.717, 1.165) is 15.6 Å². The molecule has 2 aliphatic heterocycles. The van der Waals surface area contributed by atoms with E-state index >= 15 is 0 Å². The third-order valence-electron chi connectivity index (χ3n) is 7.28. The first-order valence-electron chi connectivity index (χ1n) is 14.4. The van der Waals surface area contributed by atoms with Gasteiger partial charge in [-0.25, -0.2) is 4.79 Å². The molecule has 0 spiro atoms. The third kappa shape index (κ3) is 7.37. The van der Waals surface area contributed by atoms with Crippen molar-refractivity contribution in [2.24, 2.45) is 10.7 Å². The number of rotatable bonds is 7. The molecule has 3 N–H and O–H groups in total. The molecule has 234 valence electrons. The number of hydrogen-bond acceptors (Lipinski definition) is 6. The molecule has 2 aliphatic rings. The number of carbonyl (C=O) groups excluding carboxylic acids is 4.